The number of anilines is 1. The van der Waals surface area contributed by atoms with Gasteiger partial charge in [0.15, 0.2) is 0 Å². The predicted octanol–water partition coefficient (Wildman–Crippen LogP) is 2.64. The molecule has 0 bridgehead atoms. The molecule has 6 nitrogen and oxygen atoms in total. The highest BCUT2D eigenvalue weighted by Gasteiger charge is 2.27. The molecule has 0 atom stereocenters. The number of hydrogen-bond acceptors (Lipinski definition) is 5. The predicted molar refractivity (Wildman–Crippen MR) is 94.3 cm³/mol. The van der Waals surface area contributed by atoms with Crippen LogP contribution in [0.1, 0.15) is 17.7 Å². The summed E-state index contributed by atoms with van der Waals surface area (Å²) < 4.78 is 54.0. The van der Waals surface area contributed by atoms with Gasteiger partial charge >= 0.3 is 0 Å². The third-order valence-electron chi connectivity index (χ3n) is 3.77. The summed E-state index contributed by atoms with van der Waals surface area (Å²) in [6.07, 6.45) is 1.70. The number of thiophene rings is 1. The van der Waals surface area contributed by atoms with Gasteiger partial charge in [-0.3, -0.25) is 4.72 Å². The first-order valence-corrected chi connectivity index (χ1v) is 11.2. The van der Waals surface area contributed by atoms with Crippen molar-refractivity contribution in [2.45, 2.75) is 28.9 Å². The fourth-order valence-corrected chi connectivity index (χ4v) is 6.46. The van der Waals surface area contributed by atoms with E-state index in [1.807, 2.05) is 6.92 Å². The van der Waals surface area contributed by atoms with Crippen molar-refractivity contribution >= 4 is 37.1 Å². The SMILES string of the molecule is Cc1ccc(S(=O)(=O)Nc2cccc(S(=O)(=O)N3CCCC3)c2)s1. The first-order chi connectivity index (χ1) is 11.3. The fraction of sp³-hybridized carbons (Fsp3) is 0.333. The maximum atomic E-state index is 12.6. The van der Waals surface area contributed by atoms with Crippen LogP contribution in [0.25, 0.3) is 0 Å². The number of sulfonamides is 2. The standard InChI is InChI=1S/C15H18N2O4S3/c1-12-7-8-15(22-12)23(18,19)16-13-5-4-6-14(11-13)24(20,21)17-9-2-3-10-17/h4-8,11,16H,2-3,9-10H2,1H3. The van der Waals surface area contributed by atoms with E-state index >= 15 is 0 Å². The van der Waals surface area contributed by atoms with Gasteiger partial charge < -0.3 is 0 Å². The second-order valence-corrected chi connectivity index (χ2v) is 10.7. The Morgan fingerprint density at radius 1 is 1.04 bits per heavy atom. The van der Waals surface area contributed by atoms with E-state index in [0.29, 0.717) is 13.1 Å². The largest absolute Gasteiger partial charge is 0.279 e. The number of nitrogens with zero attached hydrogens (tertiary/aromatic N) is 1. The molecule has 130 valence electrons. The smallest absolute Gasteiger partial charge is 0.271 e. The summed E-state index contributed by atoms with van der Waals surface area (Å²) in [5.41, 5.74) is 0.237. The van der Waals surface area contributed by atoms with Crippen LogP contribution in [0.15, 0.2) is 45.5 Å². The summed E-state index contributed by atoms with van der Waals surface area (Å²) in [4.78, 5) is 0.993. The molecular formula is C15H18N2O4S3. The lowest BCUT2D eigenvalue weighted by Gasteiger charge is -2.16. The van der Waals surface area contributed by atoms with E-state index in [1.165, 1.54) is 33.8 Å². The minimum absolute atomic E-state index is 0.104. The van der Waals surface area contributed by atoms with Crippen LogP contribution < -0.4 is 4.72 Å². The van der Waals surface area contributed by atoms with Crippen LogP contribution in [-0.4, -0.2) is 34.2 Å². The van der Waals surface area contributed by atoms with Crippen molar-refractivity contribution in [3.8, 4) is 0 Å². The van der Waals surface area contributed by atoms with E-state index in [2.05, 4.69) is 4.72 Å². The van der Waals surface area contributed by atoms with Gasteiger partial charge in [0.25, 0.3) is 10.0 Å². The molecule has 1 aromatic heterocycles. The second kappa shape index (κ2) is 6.47. The van der Waals surface area contributed by atoms with Gasteiger partial charge in [0, 0.05) is 18.0 Å². The first kappa shape index (κ1) is 17.4. The van der Waals surface area contributed by atoms with Crippen molar-refractivity contribution in [2.75, 3.05) is 17.8 Å². The van der Waals surface area contributed by atoms with Crippen molar-refractivity contribution in [2.24, 2.45) is 0 Å². The Balaban J connectivity index is 1.88. The number of rotatable bonds is 5. The number of hydrogen-bond donors (Lipinski definition) is 1. The van der Waals surface area contributed by atoms with Gasteiger partial charge in [0.05, 0.1) is 10.6 Å². The average molecular weight is 387 g/mol. The maximum absolute atomic E-state index is 12.6. The molecule has 0 aliphatic carbocycles. The molecule has 1 saturated heterocycles. The van der Waals surface area contributed by atoms with Crippen LogP contribution in [0, 0.1) is 6.92 Å². The Hall–Kier alpha value is -1.42. The van der Waals surface area contributed by atoms with Crippen molar-refractivity contribution in [1.29, 1.82) is 0 Å². The molecule has 24 heavy (non-hydrogen) atoms. The zero-order valence-corrected chi connectivity index (χ0v) is 15.5. The summed E-state index contributed by atoms with van der Waals surface area (Å²) in [5, 5.41) is 0. The zero-order valence-electron chi connectivity index (χ0n) is 13.1. The highest BCUT2D eigenvalue weighted by Crippen LogP contribution is 2.26. The summed E-state index contributed by atoms with van der Waals surface area (Å²) in [6.45, 7) is 2.84. The van der Waals surface area contributed by atoms with Crippen molar-refractivity contribution in [3.05, 3.63) is 41.3 Å². The van der Waals surface area contributed by atoms with E-state index < -0.39 is 20.0 Å². The molecule has 0 amide bonds. The summed E-state index contributed by atoms with van der Waals surface area (Å²) in [6, 6.07) is 9.20. The van der Waals surface area contributed by atoms with Gasteiger partial charge in [-0.05, 0) is 50.1 Å². The van der Waals surface area contributed by atoms with Crippen LogP contribution in [0.2, 0.25) is 0 Å². The minimum Gasteiger partial charge on any atom is -0.279 e. The van der Waals surface area contributed by atoms with E-state index in [9.17, 15) is 16.8 Å². The highest BCUT2D eigenvalue weighted by atomic mass is 32.2. The lowest BCUT2D eigenvalue weighted by Crippen LogP contribution is -2.27. The van der Waals surface area contributed by atoms with Gasteiger partial charge in [0.2, 0.25) is 10.0 Å². The van der Waals surface area contributed by atoms with E-state index in [4.69, 9.17) is 0 Å². The van der Waals surface area contributed by atoms with E-state index in [-0.39, 0.29) is 14.8 Å². The molecule has 1 aliphatic heterocycles. The third-order valence-corrected chi connectivity index (χ3v) is 8.54. The van der Waals surface area contributed by atoms with Crippen LogP contribution >= 0.6 is 11.3 Å². The van der Waals surface area contributed by atoms with Crippen LogP contribution in [-0.2, 0) is 20.0 Å². The summed E-state index contributed by atoms with van der Waals surface area (Å²) in [7, 11) is -7.29. The van der Waals surface area contributed by atoms with Crippen molar-refractivity contribution in [1.82, 2.24) is 4.31 Å². The molecule has 0 radical (unpaired) electrons. The molecule has 1 N–H and O–H groups in total. The lowest BCUT2D eigenvalue weighted by atomic mass is 10.3. The highest BCUT2D eigenvalue weighted by molar-refractivity contribution is 7.94. The topological polar surface area (TPSA) is 83.5 Å². The molecule has 0 spiro atoms. The Kier molecular flexibility index (Phi) is 4.69. The van der Waals surface area contributed by atoms with Gasteiger partial charge in [-0.1, -0.05) is 6.07 Å². The Bertz CT molecular complexity index is 943. The van der Waals surface area contributed by atoms with Crippen LogP contribution in [0.5, 0.6) is 0 Å². The molecule has 1 aromatic carbocycles. The molecule has 1 fully saturated rings. The number of benzene rings is 1. The van der Waals surface area contributed by atoms with Crippen molar-refractivity contribution in [3.63, 3.8) is 0 Å². The minimum atomic E-state index is -3.71. The van der Waals surface area contributed by atoms with E-state index in [0.717, 1.165) is 17.7 Å². The Morgan fingerprint density at radius 3 is 2.38 bits per heavy atom. The Morgan fingerprint density at radius 2 is 1.75 bits per heavy atom. The van der Waals surface area contributed by atoms with Gasteiger partial charge in [-0.25, -0.2) is 16.8 Å². The first-order valence-electron chi connectivity index (χ1n) is 7.48. The zero-order chi connectivity index (χ0) is 17.4. The molecule has 1 aliphatic rings. The fourth-order valence-electron chi connectivity index (χ4n) is 2.56. The second-order valence-electron chi connectivity index (χ2n) is 5.61. The molecule has 0 saturated carbocycles. The summed E-state index contributed by atoms with van der Waals surface area (Å²) >= 11 is 1.17. The quantitative estimate of drug-likeness (QED) is 0.856. The Labute approximate surface area is 146 Å². The molecular weight excluding hydrogens is 368 g/mol. The van der Waals surface area contributed by atoms with Gasteiger partial charge in [-0.15, -0.1) is 11.3 Å². The van der Waals surface area contributed by atoms with Gasteiger partial charge in [-0.2, -0.15) is 4.31 Å². The number of nitrogens with one attached hydrogen (secondary N) is 1. The monoisotopic (exact) mass is 386 g/mol. The van der Waals surface area contributed by atoms with Crippen LogP contribution in [0.4, 0.5) is 5.69 Å². The summed E-state index contributed by atoms with van der Waals surface area (Å²) in [5.74, 6) is 0. The lowest BCUT2D eigenvalue weighted by molar-refractivity contribution is 0.477. The van der Waals surface area contributed by atoms with E-state index in [1.54, 1.807) is 18.2 Å². The van der Waals surface area contributed by atoms with Gasteiger partial charge in [0.1, 0.15) is 4.21 Å². The third kappa shape index (κ3) is 3.49. The maximum Gasteiger partial charge on any atom is 0.271 e. The van der Waals surface area contributed by atoms with Crippen molar-refractivity contribution < 1.29 is 16.8 Å². The molecule has 9 heteroatoms. The number of aryl methyl sites for hydroxylation is 1. The molecule has 3 rings (SSSR count). The molecule has 0 unspecified atom stereocenters. The molecule has 2 aromatic rings. The molecule has 2 heterocycles. The normalized spacial score (nSPS) is 16.4. The van der Waals surface area contributed by atoms with Crippen LogP contribution in [0.3, 0.4) is 0 Å². The average Bonchev–Trinajstić information content (AvgIpc) is 3.18.